The summed E-state index contributed by atoms with van der Waals surface area (Å²) in [4.78, 5) is 20.7. The van der Waals surface area contributed by atoms with Gasteiger partial charge < -0.3 is 9.80 Å². The van der Waals surface area contributed by atoms with Gasteiger partial charge in [0.1, 0.15) is 5.69 Å². The number of hydrogen-bond donors (Lipinski definition) is 0. The highest BCUT2D eigenvalue weighted by molar-refractivity contribution is 7.07. The molecule has 0 spiro atoms. The Hall–Kier alpha value is -1.88. The molecule has 0 aliphatic carbocycles. The number of hydrogen-bond acceptors (Lipinski definition) is 4. The number of carbonyl (C=O) groups is 1. The molecule has 2 aromatic rings. The van der Waals surface area contributed by atoms with Gasteiger partial charge in [0.05, 0.1) is 5.51 Å². The van der Waals surface area contributed by atoms with Crippen LogP contribution in [0.3, 0.4) is 0 Å². The van der Waals surface area contributed by atoms with E-state index < -0.39 is 0 Å². The molecule has 1 aromatic heterocycles. The molecule has 2 heterocycles. The number of piperazine rings is 1. The van der Waals surface area contributed by atoms with Gasteiger partial charge >= 0.3 is 0 Å². The van der Waals surface area contributed by atoms with Crippen LogP contribution in [-0.4, -0.2) is 42.0 Å². The summed E-state index contributed by atoms with van der Waals surface area (Å²) in [7, 11) is 0. The Morgan fingerprint density at radius 2 is 1.95 bits per heavy atom. The zero-order valence-corrected chi connectivity index (χ0v) is 13.2. The first kappa shape index (κ1) is 14.1. The minimum atomic E-state index is 0.0527. The van der Waals surface area contributed by atoms with E-state index in [0.29, 0.717) is 5.69 Å². The summed E-state index contributed by atoms with van der Waals surface area (Å²) in [6.45, 7) is 7.56. The molecule has 0 saturated carbocycles. The van der Waals surface area contributed by atoms with Gasteiger partial charge in [-0.1, -0.05) is 12.1 Å². The molecule has 4 nitrogen and oxygen atoms in total. The minimum Gasteiger partial charge on any atom is -0.368 e. The summed E-state index contributed by atoms with van der Waals surface area (Å²) in [5, 5.41) is 1.82. The van der Waals surface area contributed by atoms with Crippen molar-refractivity contribution >= 4 is 22.9 Å². The summed E-state index contributed by atoms with van der Waals surface area (Å²) < 4.78 is 0. The van der Waals surface area contributed by atoms with Gasteiger partial charge in [0.25, 0.3) is 5.91 Å². The number of aromatic nitrogens is 1. The quantitative estimate of drug-likeness (QED) is 0.856. The number of rotatable bonds is 2. The van der Waals surface area contributed by atoms with Crippen LogP contribution in [-0.2, 0) is 0 Å². The summed E-state index contributed by atoms with van der Waals surface area (Å²) in [5.74, 6) is 0.0527. The molecule has 1 amide bonds. The summed E-state index contributed by atoms with van der Waals surface area (Å²) >= 11 is 1.46. The highest BCUT2D eigenvalue weighted by Gasteiger charge is 2.23. The maximum absolute atomic E-state index is 12.3. The maximum Gasteiger partial charge on any atom is 0.273 e. The number of benzene rings is 1. The lowest BCUT2D eigenvalue weighted by Crippen LogP contribution is -2.49. The Bertz CT molecular complexity index is 631. The second-order valence-corrected chi connectivity index (χ2v) is 6.09. The Balaban J connectivity index is 1.68. The van der Waals surface area contributed by atoms with Crippen molar-refractivity contribution in [1.82, 2.24) is 9.88 Å². The molecule has 21 heavy (non-hydrogen) atoms. The Morgan fingerprint density at radius 3 is 2.62 bits per heavy atom. The summed E-state index contributed by atoms with van der Waals surface area (Å²) in [5.41, 5.74) is 6.21. The molecule has 1 fully saturated rings. The van der Waals surface area contributed by atoms with Crippen LogP contribution in [0.25, 0.3) is 0 Å². The van der Waals surface area contributed by atoms with E-state index in [1.807, 2.05) is 10.3 Å². The molecule has 0 radical (unpaired) electrons. The fourth-order valence-corrected chi connectivity index (χ4v) is 3.23. The Morgan fingerprint density at radius 1 is 1.19 bits per heavy atom. The first-order valence-electron chi connectivity index (χ1n) is 7.15. The van der Waals surface area contributed by atoms with E-state index in [4.69, 9.17) is 0 Å². The highest BCUT2D eigenvalue weighted by atomic mass is 32.1. The molecule has 3 rings (SSSR count). The fourth-order valence-electron chi connectivity index (χ4n) is 2.71. The molecule has 0 unspecified atom stereocenters. The number of amides is 1. The van der Waals surface area contributed by atoms with Crippen LogP contribution in [0, 0.1) is 13.8 Å². The van der Waals surface area contributed by atoms with Crippen molar-refractivity contribution in [2.45, 2.75) is 13.8 Å². The Kier molecular flexibility index (Phi) is 3.92. The first-order valence-corrected chi connectivity index (χ1v) is 8.09. The van der Waals surface area contributed by atoms with Crippen LogP contribution in [0.15, 0.2) is 29.1 Å². The molecule has 5 heteroatoms. The third-order valence-electron chi connectivity index (χ3n) is 4.14. The standard InChI is InChI=1S/C16H19N3OS/c1-12-4-3-5-15(13(12)2)18-6-8-19(9-7-18)16(20)14-10-21-11-17-14/h3-5,10-11H,6-9H2,1-2H3. The average Bonchev–Trinajstić information content (AvgIpc) is 3.04. The molecule has 110 valence electrons. The zero-order chi connectivity index (χ0) is 14.8. The van der Waals surface area contributed by atoms with Crippen LogP contribution in [0.2, 0.25) is 0 Å². The third-order valence-corrected chi connectivity index (χ3v) is 4.72. The number of anilines is 1. The van der Waals surface area contributed by atoms with Gasteiger partial charge in [-0.05, 0) is 31.0 Å². The van der Waals surface area contributed by atoms with E-state index in [9.17, 15) is 4.79 Å². The van der Waals surface area contributed by atoms with Crippen molar-refractivity contribution in [1.29, 1.82) is 0 Å². The van der Waals surface area contributed by atoms with E-state index in [1.54, 1.807) is 5.51 Å². The molecule has 0 atom stereocenters. The number of nitrogens with zero attached hydrogens (tertiary/aromatic N) is 3. The van der Waals surface area contributed by atoms with Crippen molar-refractivity contribution in [2.75, 3.05) is 31.1 Å². The molecule has 0 N–H and O–H groups in total. The topological polar surface area (TPSA) is 36.4 Å². The van der Waals surface area contributed by atoms with E-state index in [0.717, 1.165) is 26.2 Å². The zero-order valence-electron chi connectivity index (χ0n) is 12.4. The van der Waals surface area contributed by atoms with Gasteiger partial charge in [0.2, 0.25) is 0 Å². The van der Waals surface area contributed by atoms with E-state index in [2.05, 4.69) is 41.9 Å². The van der Waals surface area contributed by atoms with E-state index in [1.165, 1.54) is 28.2 Å². The fraction of sp³-hybridized carbons (Fsp3) is 0.375. The molecular weight excluding hydrogens is 282 g/mol. The SMILES string of the molecule is Cc1cccc(N2CCN(C(=O)c3cscn3)CC2)c1C. The second kappa shape index (κ2) is 5.85. The van der Waals surface area contributed by atoms with Crippen molar-refractivity contribution < 1.29 is 4.79 Å². The van der Waals surface area contributed by atoms with Gasteiger partial charge in [0.15, 0.2) is 0 Å². The van der Waals surface area contributed by atoms with Crippen LogP contribution in [0.5, 0.6) is 0 Å². The molecule has 1 saturated heterocycles. The molecule has 1 aromatic carbocycles. The number of carbonyl (C=O) groups excluding carboxylic acids is 1. The lowest BCUT2D eigenvalue weighted by molar-refractivity contribution is 0.0741. The number of aryl methyl sites for hydroxylation is 1. The molecule has 1 aliphatic rings. The molecule has 0 bridgehead atoms. The van der Waals surface area contributed by atoms with Crippen molar-refractivity contribution in [2.24, 2.45) is 0 Å². The summed E-state index contributed by atoms with van der Waals surface area (Å²) in [6.07, 6.45) is 0. The minimum absolute atomic E-state index is 0.0527. The summed E-state index contributed by atoms with van der Waals surface area (Å²) in [6, 6.07) is 6.41. The predicted octanol–water partition coefficient (Wildman–Crippen LogP) is 2.72. The smallest absolute Gasteiger partial charge is 0.273 e. The maximum atomic E-state index is 12.3. The number of thiazole rings is 1. The normalized spacial score (nSPS) is 15.3. The molecule has 1 aliphatic heterocycles. The lowest BCUT2D eigenvalue weighted by Gasteiger charge is -2.36. The van der Waals surface area contributed by atoms with Gasteiger partial charge in [-0.15, -0.1) is 11.3 Å². The molecular formula is C16H19N3OS. The largest absolute Gasteiger partial charge is 0.368 e. The van der Waals surface area contributed by atoms with Gasteiger partial charge in [-0.25, -0.2) is 4.98 Å². The van der Waals surface area contributed by atoms with Crippen LogP contribution >= 0.6 is 11.3 Å². The second-order valence-electron chi connectivity index (χ2n) is 5.37. The highest BCUT2D eigenvalue weighted by Crippen LogP contribution is 2.24. The van der Waals surface area contributed by atoms with Gasteiger partial charge in [-0.3, -0.25) is 4.79 Å². The van der Waals surface area contributed by atoms with Crippen LogP contribution in [0.1, 0.15) is 21.6 Å². The Labute approximate surface area is 129 Å². The average molecular weight is 301 g/mol. The van der Waals surface area contributed by atoms with Crippen LogP contribution < -0.4 is 4.90 Å². The van der Waals surface area contributed by atoms with Crippen LogP contribution in [0.4, 0.5) is 5.69 Å². The van der Waals surface area contributed by atoms with Crippen molar-refractivity contribution in [3.63, 3.8) is 0 Å². The van der Waals surface area contributed by atoms with E-state index >= 15 is 0 Å². The predicted molar refractivity (Wildman–Crippen MR) is 86.1 cm³/mol. The first-order chi connectivity index (χ1) is 10.2. The van der Waals surface area contributed by atoms with Crippen molar-refractivity contribution in [3.05, 3.63) is 45.9 Å². The van der Waals surface area contributed by atoms with E-state index in [-0.39, 0.29) is 5.91 Å². The van der Waals surface area contributed by atoms with Gasteiger partial charge in [-0.2, -0.15) is 0 Å². The monoisotopic (exact) mass is 301 g/mol. The van der Waals surface area contributed by atoms with Crippen molar-refractivity contribution in [3.8, 4) is 0 Å². The third kappa shape index (κ3) is 2.78. The van der Waals surface area contributed by atoms with Gasteiger partial charge in [0, 0.05) is 37.2 Å². The lowest BCUT2D eigenvalue weighted by atomic mass is 10.1.